The SMILES string of the molecule is C.C=C(N)N(C)C1CCN(C(C)C)CC1.C=C(N)NC1CCN(C(C)(C)C)CC1.CC(C)(C)N1CCC(N)CC1.CC(C)(C)N1CCCCC1.CN(C)C(C)(C)C.CNC1CCN(C(C)(C)C)CC1. The van der Waals surface area contributed by atoms with Gasteiger partial charge in [-0.05, 0) is 216 Å². The van der Waals surface area contributed by atoms with Crippen LogP contribution in [-0.2, 0) is 0 Å². The molecule has 5 rings (SSSR count). The summed E-state index contributed by atoms with van der Waals surface area (Å²) >= 11 is 0. The molecular weight excluding hydrogens is 853 g/mol. The van der Waals surface area contributed by atoms with E-state index < -0.39 is 0 Å². The van der Waals surface area contributed by atoms with Crippen LogP contribution in [-0.4, -0.2) is 186 Å². The van der Waals surface area contributed by atoms with Crippen molar-refractivity contribution in [3.8, 4) is 0 Å². The Hall–Kier alpha value is -1.64. The van der Waals surface area contributed by atoms with Crippen molar-refractivity contribution in [3.05, 3.63) is 24.8 Å². The Kier molecular flexibility index (Phi) is 32.7. The van der Waals surface area contributed by atoms with Crippen LogP contribution in [0.3, 0.4) is 0 Å². The van der Waals surface area contributed by atoms with Crippen molar-refractivity contribution in [3.63, 3.8) is 0 Å². The van der Waals surface area contributed by atoms with Crippen LogP contribution in [0.15, 0.2) is 24.8 Å². The Morgan fingerprint density at radius 3 is 1.10 bits per heavy atom. The lowest BCUT2D eigenvalue weighted by molar-refractivity contribution is 0.0978. The molecule has 0 aliphatic carbocycles. The molecule has 8 N–H and O–H groups in total. The summed E-state index contributed by atoms with van der Waals surface area (Å²) in [6, 6.07) is 2.98. The van der Waals surface area contributed by atoms with Gasteiger partial charge >= 0.3 is 0 Å². The van der Waals surface area contributed by atoms with Crippen LogP contribution < -0.4 is 27.8 Å². The van der Waals surface area contributed by atoms with Crippen LogP contribution in [0.2, 0.25) is 0 Å². The molecule has 0 aromatic carbocycles. The van der Waals surface area contributed by atoms with E-state index in [-0.39, 0.29) is 7.43 Å². The maximum absolute atomic E-state index is 5.81. The summed E-state index contributed by atoms with van der Waals surface area (Å²) in [5.41, 5.74) is 18.7. The predicted molar refractivity (Wildman–Crippen MR) is 309 cm³/mol. The van der Waals surface area contributed by atoms with E-state index in [1.54, 1.807) is 0 Å². The first-order chi connectivity index (χ1) is 31.0. The van der Waals surface area contributed by atoms with Crippen LogP contribution in [0.4, 0.5) is 0 Å². The lowest BCUT2D eigenvalue weighted by atomic mass is 9.98. The van der Waals surface area contributed by atoms with Crippen LogP contribution in [0.25, 0.3) is 0 Å². The average molecular weight is 980 g/mol. The third-order valence-corrected chi connectivity index (χ3v) is 15.0. The van der Waals surface area contributed by atoms with Gasteiger partial charge in [-0.1, -0.05) is 27.0 Å². The number of nitrogens with zero attached hydrogens (tertiary/aromatic N) is 7. The molecule has 0 aromatic heterocycles. The number of nitrogens with one attached hydrogen (secondary N) is 2. The number of hydrogen-bond acceptors (Lipinski definition) is 12. The van der Waals surface area contributed by atoms with Crippen molar-refractivity contribution in [2.24, 2.45) is 17.2 Å². The highest BCUT2D eigenvalue weighted by atomic mass is 15.2. The van der Waals surface area contributed by atoms with Crippen LogP contribution in [0.5, 0.6) is 0 Å². The molecule has 5 aliphatic heterocycles. The first kappa shape index (κ1) is 69.4. The third-order valence-electron chi connectivity index (χ3n) is 15.0. The number of likely N-dealkylation sites (tertiary alicyclic amines) is 5. The topological polar surface area (TPSA) is 125 Å². The Balaban J connectivity index is 0. The molecular formula is C57H126N12. The summed E-state index contributed by atoms with van der Waals surface area (Å²) in [7, 11) is 8.27. The van der Waals surface area contributed by atoms with Crippen molar-refractivity contribution in [1.29, 1.82) is 0 Å². The Morgan fingerprint density at radius 1 is 0.522 bits per heavy atom. The first-order valence-corrected chi connectivity index (χ1v) is 27.2. The number of nitrogens with two attached hydrogens (primary N) is 3. The van der Waals surface area contributed by atoms with Gasteiger partial charge in [0.15, 0.2) is 0 Å². The van der Waals surface area contributed by atoms with Gasteiger partial charge in [-0.2, -0.15) is 0 Å². The fourth-order valence-electron chi connectivity index (χ4n) is 8.95. The molecule has 5 fully saturated rings. The van der Waals surface area contributed by atoms with Gasteiger partial charge in [0, 0.05) is 117 Å². The van der Waals surface area contributed by atoms with Crippen molar-refractivity contribution in [2.45, 2.75) is 254 Å². The number of hydrogen-bond donors (Lipinski definition) is 5. The summed E-state index contributed by atoms with van der Waals surface area (Å²) < 4.78 is 0. The van der Waals surface area contributed by atoms with Gasteiger partial charge in [-0.15, -0.1) is 0 Å². The van der Waals surface area contributed by atoms with Crippen molar-refractivity contribution >= 4 is 0 Å². The molecule has 0 unspecified atom stereocenters. The Labute approximate surface area is 432 Å². The molecule has 414 valence electrons. The van der Waals surface area contributed by atoms with E-state index in [4.69, 9.17) is 17.2 Å². The van der Waals surface area contributed by atoms with E-state index in [0.717, 1.165) is 44.8 Å². The molecule has 5 aliphatic rings. The van der Waals surface area contributed by atoms with E-state index in [2.05, 4.69) is 197 Å². The summed E-state index contributed by atoms with van der Waals surface area (Å²) in [4.78, 5) is 17.0. The van der Waals surface area contributed by atoms with Gasteiger partial charge in [-0.25, -0.2) is 0 Å². The summed E-state index contributed by atoms with van der Waals surface area (Å²) in [6.45, 7) is 58.0. The predicted octanol–water partition coefficient (Wildman–Crippen LogP) is 9.42. The molecule has 0 atom stereocenters. The van der Waals surface area contributed by atoms with E-state index in [9.17, 15) is 0 Å². The van der Waals surface area contributed by atoms with Gasteiger partial charge in [0.1, 0.15) is 0 Å². The Bertz CT molecular complexity index is 1290. The van der Waals surface area contributed by atoms with E-state index >= 15 is 0 Å². The molecule has 0 radical (unpaired) electrons. The molecule has 0 spiro atoms. The third kappa shape index (κ3) is 30.9. The summed E-state index contributed by atoms with van der Waals surface area (Å²) in [5.74, 6) is 1.28. The zero-order valence-corrected chi connectivity index (χ0v) is 49.5. The van der Waals surface area contributed by atoms with Gasteiger partial charge in [-0.3, -0.25) is 19.6 Å². The maximum Gasteiger partial charge on any atom is 0.0912 e. The van der Waals surface area contributed by atoms with Gasteiger partial charge in [0.05, 0.1) is 11.6 Å². The van der Waals surface area contributed by atoms with Crippen molar-refractivity contribution in [1.82, 2.24) is 44.9 Å². The minimum atomic E-state index is 0. The quantitative estimate of drug-likeness (QED) is 0.174. The molecule has 5 heterocycles. The van der Waals surface area contributed by atoms with E-state index in [1.807, 2.05) is 7.05 Å². The second-order valence-corrected chi connectivity index (χ2v) is 26.1. The monoisotopic (exact) mass is 979 g/mol. The highest BCUT2D eigenvalue weighted by molar-refractivity contribution is 4.93. The van der Waals surface area contributed by atoms with Crippen LogP contribution >= 0.6 is 0 Å². The maximum atomic E-state index is 5.81. The molecule has 0 bridgehead atoms. The zero-order valence-electron chi connectivity index (χ0n) is 49.5. The lowest BCUT2D eigenvalue weighted by Gasteiger charge is -2.41. The van der Waals surface area contributed by atoms with Crippen LogP contribution in [0.1, 0.15) is 196 Å². The standard InChI is InChI=1S/2C11H23N3.C10H22N2.C9H20N2.C9H19N.C6H15N.CH4/c1-9(12)13-10-5-7-14(8-6-10)11(2,3)4;1-9(2)14-7-5-11(6-8-14)13(4)10(3)12;1-10(2,3)12-7-5-9(11-4)6-8-12;1-9(2,3)11-6-4-8(10)5-7-11;1-9(2,3)10-7-5-4-6-8-10;1-6(2,3)7(4)5;/h10,13H,1,5-8,12H2,2-4H3;9,11H,3,5-8,12H2,1-2,4H3;9,11H,5-8H2,1-4H3;8H,4-7,10H2,1-3H3;4-8H2,1-3H3;1-5H3;1H4. The molecule has 12 heteroatoms. The zero-order chi connectivity index (χ0) is 52.8. The van der Waals surface area contributed by atoms with Gasteiger partial charge < -0.3 is 42.5 Å². The summed E-state index contributed by atoms with van der Waals surface area (Å²) in [6.07, 6.45) is 13.9. The highest BCUT2D eigenvalue weighted by Gasteiger charge is 2.29. The fourth-order valence-corrected chi connectivity index (χ4v) is 8.95. The fraction of sp³-hybridized carbons (Fsp3) is 0.930. The molecule has 0 aromatic rings. The second kappa shape index (κ2) is 32.5. The minimum absolute atomic E-state index is 0. The molecule has 0 amide bonds. The number of rotatable bonds is 6. The van der Waals surface area contributed by atoms with Gasteiger partial charge in [0.2, 0.25) is 0 Å². The molecule has 12 nitrogen and oxygen atoms in total. The smallest absolute Gasteiger partial charge is 0.0912 e. The highest BCUT2D eigenvalue weighted by Crippen LogP contribution is 2.23. The normalized spacial score (nSPS) is 20.8. The van der Waals surface area contributed by atoms with Crippen LogP contribution in [0, 0.1) is 0 Å². The largest absolute Gasteiger partial charge is 0.386 e. The molecule has 0 saturated carbocycles. The Morgan fingerprint density at radius 2 is 0.841 bits per heavy atom. The average Bonchev–Trinajstić information content (AvgIpc) is 3.23. The first-order valence-electron chi connectivity index (χ1n) is 27.2. The van der Waals surface area contributed by atoms with E-state index in [1.165, 1.54) is 97.3 Å². The minimum Gasteiger partial charge on any atom is -0.386 e. The lowest BCUT2D eigenvalue weighted by Crippen LogP contribution is -2.50. The summed E-state index contributed by atoms with van der Waals surface area (Å²) in [5, 5.41) is 6.56. The number of piperidine rings is 5. The van der Waals surface area contributed by atoms with Gasteiger partial charge in [0.25, 0.3) is 0 Å². The van der Waals surface area contributed by atoms with E-state index in [0.29, 0.717) is 63.5 Å². The molecule has 5 saturated heterocycles. The molecule has 69 heavy (non-hydrogen) atoms. The van der Waals surface area contributed by atoms with Crippen molar-refractivity contribution < 1.29 is 0 Å². The second-order valence-electron chi connectivity index (χ2n) is 26.1. The van der Waals surface area contributed by atoms with Crippen molar-refractivity contribution in [2.75, 3.05) is 93.6 Å².